The molecule has 1 saturated heterocycles. The molecule has 0 saturated carbocycles. The molecule has 126 valence electrons. The van der Waals surface area contributed by atoms with E-state index in [1.807, 2.05) is 37.3 Å². The van der Waals surface area contributed by atoms with Crippen LogP contribution in [0.5, 0.6) is 0 Å². The highest BCUT2D eigenvalue weighted by atomic mass is 32.2. The van der Waals surface area contributed by atoms with Crippen LogP contribution in [0.1, 0.15) is 11.1 Å². The first kappa shape index (κ1) is 16.7. The van der Waals surface area contributed by atoms with E-state index in [9.17, 15) is 13.2 Å². The summed E-state index contributed by atoms with van der Waals surface area (Å²) in [6.07, 6.45) is 0.296. The second kappa shape index (κ2) is 6.75. The van der Waals surface area contributed by atoms with Crippen LogP contribution >= 0.6 is 0 Å². The Morgan fingerprint density at radius 2 is 1.75 bits per heavy atom. The number of esters is 1. The molecule has 1 fully saturated rings. The summed E-state index contributed by atoms with van der Waals surface area (Å²) in [4.78, 5) is 12.4. The van der Waals surface area contributed by atoms with Crippen molar-refractivity contribution in [2.24, 2.45) is 0 Å². The van der Waals surface area contributed by atoms with Crippen LogP contribution in [-0.4, -0.2) is 37.9 Å². The zero-order valence-corrected chi connectivity index (χ0v) is 14.2. The molecule has 24 heavy (non-hydrogen) atoms. The average Bonchev–Trinajstić information content (AvgIpc) is 2.58. The van der Waals surface area contributed by atoms with Crippen molar-refractivity contribution in [1.82, 2.24) is 4.31 Å². The fraction of sp³-hybridized carbons (Fsp3) is 0.278. The molecule has 0 N–H and O–H groups in total. The van der Waals surface area contributed by atoms with Crippen LogP contribution in [0.3, 0.4) is 0 Å². The maximum absolute atomic E-state index is 13.0. The Kier molecular flexibility index (Phi) is 4.69. The van der Waals surface area contributed by atoms with Crippen LogP contribution < -0.4 is 0 Å². The lowest BCUT2D eigenvalue weighted by atomic mass is 10.1. The number of nitrogens with zero attached hydrogens (tertiary/aromatic N) is 1. The van der Waals surface area contributed by atoms with Crippen molar-refractivity contribution >= 4 is 16.0 Å². The van der Waals surface area contributed by atoms with Crippen LogP contribution in [0.4, 0.5) is 0 Å². The van der Waals surface area contributed by atoms with Crippen molar-refractivity contribution in [2.75, 3.05) is 13.2 Å². The second-order valence-corrected chi connectivity index (χ2v) is 7.69. The highest BCUT2D eigenvalue weighted by molar-refractivity contribution is 7.89. The SMILES string of the molecule is Cc1ccc(S(=O)(=O)N2CCOC(=O)[C@@H]2Cc2ccccc2)cc1. The monoisotopic (exact) mass is 345 g/mol. The standard InChI is InChI=1S/C18H19NO4S/c1-14-7-9-16(10-8-14)24(21,22)19-11-12-23-18(20)17(19)13-15-5-3-2-4-6-15/h2-10,17H,11-13H2,1H3/t17-/m0/s1. The molecule has 0 amide bonds. The Morgan fingerprint density at radius 3 is 2.42 bits per heavy atom. The van der Waals surface area contributed by atoms with Gasteiger partial charge in [0.15, 0.2) is 0 Å². The Morgan fingerprint density at radius 1 is 1.08 bits per heavy atom. The first-order valence-electron chi connectivity index (χ1n) is 7.77. The van der Waals surface area contributed by atoms with Gasteiger partial charge in [-0.05, 0) is 31.0 Å². The van der Waals surface area contributed by atoms with Gasteiger partial charge in [-0.2, -0.15) is 4.31 Å². The van der Waals surface area contributed by atoms with E-state index < -0.39 is 22.0 Å². The molecule has 1 aliphatic rings. The lowest BCUT2D eigenvalue weighted by Gasteiger charge is -2.33. The van der Waals surface area contributed by atoms with E-state index in [1.54, 1.807) is 24.3 Å². The third-order valence-corrected chi connectivity index (χ3v) is 6.00. The molecule has 1 atom stereocenters. The van der Waals surface area contributed by atoms with E-state index in [2.05, 4.69) is 0 Å². The lowest BCUT2D eigenvalue weighted by molar-refractivity contribution is -0.153. The minimum Gasteiger partial charge on any atom is -0.463 e. The highest BCUT2D eigenvalue weighted by Gasteiger charge is 2.39. The summed E-state index contributed by atoms with van der Waals surface area (Å²) in [7, 11) is -3.75. The number of aryl methyl sites for hydroxylation is 1. The number of ether oxygens (including phenoxy) is 1. The van der Waals surface area contributed by atoms with Crippen molar-refractivity contribution in [3.8, 4) is 0 Å². The van der Waals surface area contributed by atoms with E-state index in [0.29, 0.717) is 6.42 Å². The Bertz CT molecular complexity index is 816. The van der Waals surface area contributed by atoms with Crippen LogP contribution in [0.15, 0.2) is 59.5 Å². The predicted molar refractivity (Wildman–Crippen MR) is 90.0 cm³/mol. The molecule has 0 bridgehead atoms. The quantitative estimate of drug-likeness (QED) is 0.797. The van der Waals surface area contributed by atoms with Gasteiger partial charge in [-0.15, -0.1) is 0 Å². The summed E-state index contributed by atoms with van der Waals surface area (Å²) in [5, 5.41) is 0. The Hall–Kier alpha value is -2.18. The molecule has 0 unspecified atom stereocenters. The molecular formula is C18H19NO4S. The first-order chi connectivity index (χ1) is 11.5. The summed E-state index contributed by atoms with van der Waals surface area (Å²) in [5.41, 5.74) is 1.87. The minimum absolute atomic E-state index is 0.0786. The molecule has 5 nitrogen and oxygen atoms in total. The number of hydrogen-bond acceptors (Lipinski definition) is 4. The van der Waals surface area contributed by atoms with Crippen LogP contribution in [0.2, 0.25) is 0 Å². The molecule has 0 aliphatic carbocycles. The topological polar surface area (TPSA) is 63.7 Å². The molecule has 2 aromatic rings. The zero-order valence-electron chi connectivity index (χ0n) is 13.4. The number of benzene rings is 2. The van der Waals surface area contributed by atoms with E-state index >= 15 is 0 Å². The molecule has 6 heteroatoms. The summed E-state index contributed by atoms with van der Waals surface area (Å²) in [6.45, 7) is 2.14. The fourth-order valence-corrected chi connectivity index (χ4v) is 4.32. The number of sulfonamides is 1. The van der Waals surface area contributed by atoms with Crippen molar-refractivity contribution in [3.05, 3.63) is 65.7 Å². The third kappa shape index (κ3) is 3.34. The summed E-state index contributed by atoms with van der Waals surface area (Å²) in [6, 6.07) is 15.2. The second-order valence-electron chi connectivity index (χ2n) is 5.80. The van der Waals surface area contributed by atoms with Crippen molar-refractivity contribution in [3.63, 3.8) is 0 Å². The number of cyclic esters (lactones) is 1. The van der Waals surface area contributed by atoms with Crippen LogP contribution in [0, 0.1) is 6.92 Å². The number of hydrogen-bond donors (Lipinski definition) is 0. The van der Waals surface area contributed by atoms with Gasteiger partial charge < -0.3 is 4.74 Å². The Labute approximate surface area is 141 Å². The summed E-state index contributed by atoms with van der Waals surface area (Å²) >= 11 is 0. The lowest BCUT2D eigenvalue weighted by Crippen LogP contribution is -2.52. The molecule has 3 rings (SSSR count). The van der Waals surface area contributed by atoms with Gasteiger partial charge in [0.1, 0.15) is 12.6 Å². The van der Waals surface area contributed by atoms with E-state index in [4.69, 9.17) is 4.74 Å². The van der Waals surface area contributed by atoms with Gasteiger partial charge in [0.25, 0.3) is 0 Å². The molecule has 0 aromatic heterocycles. The van der Waals surface area contributed by atoms with Gasteiger partial charge in [0.2, 0.25) is 10.0 Å². The minimum atomic E-state index is -3.75. The molecule has 1 heterocycles. The van der Waals surface area contributed by atoms with E-state index in [0.717, 1.165) is 11.1 Å². The van der Waals surface area contributed by atoms with E-state index in [1.165, 1.54) is 4.31 Å². The number of carbonyl (C=O) groups is 1. The maximum atomic E-state index is 13.0. The van der Waals surface area contributed by atoms with Gasteiger partial charge in [-0.3, -0.25) is 4.79 Å². The number of morpholine rings is 1. The molecule has 1 aliphatic heterocycles. The predicted octanol–water partition coefficient (Wildman–Crippen LogP) is 2.15. The molecule has 0 radical (unpaired) electrons. The maximum Gasteiger partial charge on any atom is 0.324 e. The van der Waals surface area contributed by atoms with Gasteiger partial charge in [0, 0.05) is 6.54 Å². The van der Waals surface area contributed by atoms with Gasteiger partial charge in [-0.1, -0.05) is 48.0 Å². The average molecular weight is 345 g/mol. The van der Waals surface area contributed by atoms with Crippen LogP contribution in [0.25, 0.3) is 0 Å². The van der Waals surface area contributed by atoms with Gasteiger partial charge >= 0.3 is 5.97 Å². The van der Waals surface area contributed by atoms with Crippen molar-refractivity contribution in [1.29, 1.82) is 0 Å². The smallest absolute Gasteiger partial charge is 0.324 e. The van der Waals surface area contributed by atoms with Crippen molar-refractivity contribution in [2.45, 2.75) is 24.3 Å². The summed E-state index contributed by atoms with van der Waals surface area (Å²) < 4.78 is 32.3. The van der Waals surface area contributed by atoms with E-state index in [-0.39, 0.29) is 18.0 Å². The number of rotatable bonds is 4. The van der Waals surface area contributed by atoms with Crippen LogP contribution in [-0.2, 0) is 26.0 Å². The largest absolute Gasteiger partial charge is 0.463 e. The fourth-order valence-electron chi connectivity index (χ4n) is 2.76. The summed E-state index contributed by atoms with van der Waals surface area (Å²) in [5.74, 6) is -0.499. The Balaban J connectivity index is 1.93. The highest BCUT2D eigenvalue weighted by Crippen LogP contribution is 2.23. The molecule has 0 spiro atoms. The van der Waals surface area contributed by atoms with Gasteiger partial charge in [0.05, 0.1) is 4.90 Å². The third-order valence-electron chi connectivity index (χ3n) is 4.08. The zero-order chi connectivity index (χ0) is 17.2. The normalized spacial score (nSPS) is 19.0. The number of carbonyl (C=O) groups excluding carboxylic acids is 1. The molecule has 2 aromatic carbocycles. The first-order valence-corrected chi connectivity index (χ1v) is 9.21. The molecular weight excluding hydrogens is 326 g/mol. The van der Waals surface area contributed by atoms with Gasteiger partial charge in [-0.25, -0.2) is 8.42 Å². The van der Waals surface area contributed by atoms with Crippen molar-refractivity contribution < 1.29 is 17.9 Å².